The van der Waals surface area contributed by atoms with Crippen molar-refractivity contribution in [2.45, 2.75) is 19.3 Å². The van der Waals surface area contributed by atoms with Crippen molar-refractivity contribution in [2.24, 2.45) is 4.99 Å². The fourth-order valence-corrected chi connectivity index (χ4v) is 2.72. The van der Waals surface area contributed by atoms with Crippen LogP contribution in [0.5, 0.6) is 0 Å². The molecule has 6 heteroatoms. The van der Waals surface area contributed by atoms with Gasteiger partial charge in [0.25, 0.3) is 0 Å². The van der Waals surface area contributed by atoms with Gasteiger partial charge in [-0.2, -0.15) is 0 Å². The molecule has 0 bridgehead atoms. The number of hydrogen-bond donors (Lipinski definition) is 2. The monoisotopic (exact) mass is 336 g/mol. The van der Waals surface area contributed by atoms with Gasteiger partial charge >= 0.3 is 0 Å². The van der Waals surface area contributed by atoms with Crippen LogP contribution in [0.3, 0.4) is 0 Å². The summed E-state index contributed by atoms with van der Waals surface area (Å²) in [5, 5.41) is 15.1. The van der Waals surface area contributed by atoms with Crippen molar-refractivity contribution < 1.29 is 0 Å². The molecule has 3 rings (SSSR count). The fourth-order valence-electron chi connectivity index (χ4n) is 2.72. The molecular weight excluding hydrogens is 312 g/mol. The van der Waals surface area contributed by atoms with Crippen molar-refractivity contribution in [3.63, 3.8) is 0 Å². The SMILES string of the molecule is CN=C(NCCCc1ccccc1)NCCc1nnc2ccccn12. The second kappa shape index (κ2) is 8.82. The third-order valence-corrected chi connectivity index (χ3v) is 4.03. The van der Waals surface area contributed by atoms with Crippen LogP contribution < -0.4 is 10.6 Å². The van der Waals surface area contributed by atoms with Gasteiger partial charge in [0.1, 0.15) is 5.82 Å². The molecule has 0 aliphatic carbocycles. The van der Waals surface area contributed by atoms with E-state index in [2.05, 4.69) is 50.1 Å². The molecule has 0 aliphatic rings. The number of nitrogens with one attached hydrogen (secondary N) is 2. The molecule has 0 amide bonds. The third kappa shape index (κ3) is 4.79. The first-order valence-electron chi connectivity index (χ1n) is 8.64. The molecule has 25 heavy (non-hydrogen) atoms. The maximum absolute atomic E-state index is 4.27. The zero-order valence-electron chi connectivity index (χ0n) is 14.5. The Hall–Kier alpha value is -2.89. The Kier molecular flexibility index (Phi) is 5.98. The maximum Gasteiger partial charge on any atom is 0.190 e. The number of aliphatic imine (C=N–C) groups is 1. The first-order valence-corrected chi connectivity index (χ1v) is 8.64. The van der Waals surface area contributed by atoms with E-state index in [1.807, 2.05) is 34.9 Å². The van der Waals surface area contributed by atoms with Gasteiger partial charge in [0.2, 0.25) is 0 Å². The molecule has 1 aromatic carbocycles. The number of rotatable bonds is 7. The van der Waals surface area contributed by atoms with Gasteiger partial charge in [-0.15, -0.1) is 10.2 Å². The Bertz CT molecular complexity index is 809. The summed E-state index contributed by atoms with van der Waals surface area (Å²) in [5.41, 5.74) is 2.24. The van der Waals surface area contributed by atoms with Crippen molar-refractivity contribution in [3.8, 4) is 0 Å². The first kappa shape index (κ1) is 17.0. The smallest absolute Gasteiger partial charge is 0.190 e. The fraction of sp³-hybridized carbons (Fsp3) is 0.316. The predicted molar refractivity (Wildman–Crippen MR) is 101 cm³/mol. The van der Waals surface area contributed by atoms with Crippen molar-refractivity contribution in [1.29, 1.82) is 0 Å². The average Bonchev–Trinajstić information content (AvgIpc) is 3.08. The zero-order chi connectivity index (χ0) is 17.3. The number of pyridine rings is 1. The van der Waals surface area contributed by atoms with Crippen LogP contribution in [0.4, 0.5) is 0 Å². The van der Waals surface area contributed by atoms with Gasteiger partial charge in [-0.3, -0.25) is 9.39 Å². The Morgan fingerprint density at radius 3 is 2.60 bits per heavy atom. The summed E-state index contributed by atoms with van der Waals surface area (Å²) in [7, 11) is 1.79. The lowest BCUT2D eigenvalue weighted by atomic mass is 10.1. The number of aryl methyl sites for hydroxylation is 1. The summed E-state index contributed by atoms with van der Waals surface area (Å²) in [6, 6.07) is 16.4. The Labute approximate surface area is 148 Å². The molecule has 0 atom stereocenters. The normalized spacial score (nSPS) is 11.6. The van der Waals surface area contributed by atoms with Crippen LogP contribution in [0.25, 0.3) is 5.65 Å². The minimum Gasteiger partial charge on any atom is -0.356 e. The summed E-state index contributed by atoms with van der Waals surface area (Å²) in [6.07, 6.45) is 4.91. The summed E-state index contributed by atoms with van der Waals surface area (Å²) in [4.78, 5) is 4.27. The lowest BCUT2D eigenvalue weighted by molar-refractivity contribution is 0.728. The Balaban J connectivity index is 1.39. The van der Waals surface area contributed by atoms with Gasteiger partial charge < -0.3 is 10.6 Å². The quantitative estimate of drug-likeness (QED) is 0.394. The van der Waals surface area contributed by atoms with E-state index < -0.39 is 0 Å². The van der Waals surface area contributed by atoms with E-state index in [1.165, 1.54) is 5.56 Å². The average molecular weight is 336 g/mol. The van der Waals surface area contributed by atoms with Gasteiger partial charge in [0.15, 0.2) is 11.6 Å². The van der Waals surface area contributed by atoms with E-state index in [0.717, 1.165) is 49.8 Å². The van der Waals surface area contributed by atoms with Crippen molar-refractivity contribution in [3.05, 3.63) is 66.1 Å². The summed E-state index contributed by atoms with van der Waals surface area (Å²) < 4.78 is 2.01. The van der Waals surface area contributed by atoms with Crippen LogP contribution in [-0.4, -0.2) is 40.7 Å². The first-order chi connectivity index (χ1) is 12.4. The van der Waals surface area contributed by atoms with E-state index in [0.29, 0.717) is 0 Å². The number of benzene rings is 1. The molecular formula is C19H24N6. The van der Waals surface area contributed by atoms with Crippen LogP contribution in [0.2, 0.25) is 0 Å². The number of aromatic nitrogens is 3. The highest BCUT2D eigenvalue weighted by Gasteiger charge is 2.04. The van der Waals surface area contributed by atoms with E-state index in [4.69, 9.17) is 0 Å². The zero-order valence-corrected chi connectivity index (χ0v) is 14.5. The second-order valence-electron chi connectivity index (χ2n) is 5.81. The van der Waals surface area contributed by atoms with Crippen LogP contribution in [0, 0.1) is 0 Å². The molecule has 0 fully saturated rings. The van der Waals surface area contributed by atoms with E-state index in [1.54, 1.807) is 7.05 Å². The molecule has 2 aromatic heterocycles. The maximum atomic E-state index is 4.27. The second-order valence-corrected chi connectivity index (χ2v) is 5.81. The number of hydrogen-bond acceptors (Lipinski definition) is 3. The molecule has 0 radical (unpaired) electrons. The molecule has 2 N–H and O–H groups in total. The van der Waals surface area contributed by atoms with Crippen molar-refractivity contribution >= 4 is 11.6 Å². The van der Waals surface area contributed by atoms with Gasteiger partial charge in [0.05, 0.1) is 0 Å². The number of fused-ring (bicyclic) bond motifs is 1. The lowest BCUT2D eigenvalue weighted by Crippen LogP contribution is -2.39. The van der Waals surface area contributed by atoms with Gasteiger partial charge in [0, 0.05) is 32.8 Å². The molecule has 0 unspecified atom stereocenters. The molecule has 6 nitrogen and oxygen atoms in total. The van der Waals surface area contributed by atoms with E-state index in [-0.39, 0.29) is 0 Å². The molecule has 0 saturated heterocycles. The van der Waals surface area contributed by atoms with Crippen molar-refractivity contribution in [1.82, 2.24) is 25.2 Å². The summed E-state index contributed by atoms with van der Waals surface area (Å²) in [5.74, 6) is 1.77. The molecule has 130 valence electrons. The highest BCUT2D eigenvalue weighted by atomic mass is 15.2. The van der Waals surface area contributed by atoms with Gasteiger partial charge in [-0.1, -0.05) is 36.4 Å². The largest absolute Gasteiger partial charge is 0.356 e. The predicted octanol–water partition coefficient (Wildman–Crippen LogP) is 2.07. The Morgan fingerprint density at radius 1 is 0.960 bits per heavy atom. The Morgan fingerprint density at radius 2 is 1.76 bits per heavy atom. The van der Waals surface area contributed by atoms with E-state index >= 15 is 0 Å². The highest BCUT2D eigenvalue weighted by Crippen LogP contribution is 2.03. The minimum atomic E-state index is 0.758. The van der Waals surface area contributed by atoms with Crippen LogP contribution in [0.15, 0.2) is 59.7 Å². The van der Waals surface area contributed by atoms with Crippen LogP contribution in [0.1, 0.15) is 17.8 Å². The topological polar surface area (TPSA) is 66.6 Å². The number of guanidine groups is 1. The highest BCUT2D eigenvalue weighted by molar-refractivity contribution is 5.79. The molecule has 0 saturated carbocycles. The standard InChI is InChI=1S/C19H24N6/c1-20-19(21-13-7-10-16-8-3-2-4-9-16)22-14-12-18-24-23-17-11-5-6-15-25(17)18/h2-6,8-9,11,15H,7,10,12-14H2,1H3,(H2,20,21,22). The van der Waals surface area contributed by atoms with Crippen molar-refractivity contribution in [2.75, 3.05) is 20.1 Å². The third-order valence-electron chi connectivity index (χ3n) is 4.03. The molecule has 0 spiro atoms. The summed E-state index contributed by atoms with van der Waals surface area (Å²) in [6.45, 7) is 1.65. The van der Waals surface area contributed by atoms with Gasteiger partial charge in [-0.05, 0) is 30.5 Å². The van der Waals surface area contributed by atoms with Crippen LogP contribution in [-0.2, 0) is 12.8 Å². The number of nitrogens with zero attached hydrogens (tertiary/aromatic N) is 4. The minimum absolute atomic E-state index is 0.758. The molecule has 2 heterocycles. The van der Waals surface area contributed by atoms with E-state index in [9.17, 15) is 0 Å². The lowest BCUT2D eigenvalue weighted by Gasteiger charge is -2.11. The summed E-state index contributed by atoms with van der Waals surface area (Å²) >= 11 is 0. The van der Waals surface area contributed by atoms with Crippen LogP contribution >= 0.6 is 0 Å². The van der Waals surface area contributed by atoms with Gasteiger partial charge in [-0.25, -0.2) is 0 Å². The molecule has 3 aromatic rings. The molecule has 0 aliphatic heterocycles.